The van der Waals surface area contributed by atoms with Gasteiger partial charge >= 0.3 is 0 Å². The van der Waals surface area contributed by atoms with Crippen LogP contribution in [-0.4, -0.2) is 4.92 Å². The van der Waals surface area contributed by atoms with Crippen molar-refractivity contribution >= 4 is 28.9 Å². The van der Waals surface area contributed by atoms with E-state index in [1.54, 1.807) is 26.0 Å². The van der Waals surface area contributed by atoms with Gasteiger partial charge in [-0.3, -0.25) is 10.1 Å². The van der Waals surface area contributed by atoms with Gasteiger partial charge in [-0.2, -0.15) is 10.2 Å². The molecule has 0 aliphatic carbocycles. The Bertz CT molecular complexity index is 754. The minimum absolute atomic E-state index is 0.00927. The number of nitrogens with zero attached hydrogens (tertiary/aromatic N) is 3. The van der Waals surface area contributed by atoms with E-state index in [4.69, 9.17) is 23.2 Å². The molecule has 0 spiro atoms. The number of rotatable bonds is 5. The first kappa shape index (κ1) is 18.4. The molecular formula is C17H17Cl2N3O2. The Labute approximate surface area is 150 Å². The van der Waals surface area contributed by atoms with Crippen molar-refractivity contribution < 1.29 is 4.92 Å². The van der Waals surface area contributed by atoms with E-state index in [-0.39, 0.29) is 5.69 Å². The third kappa shape index (κ3) is 4.30. The first-order valence-electron chi connectivity index (χ1n) is 7.26. The molecule has 0 aliphatic heterocycles. The van der Waals surface area contributed by atoms with Crippen molar-refractivity contribution in [2.24, 2.45) is 10.2 Å². The van der Waals surface area contributed by atoms with E-state index in [0.29, 0.717) is 5.56 Å². The van der Waals surface area contributed by atoms with Gasteiger partial charge in [0.05, 0.1) is 4.92 Å². The molecular weight excluding hydrogens is 349 g/mol. The highest BCUT2D eigenvalue weighted by atomic mass is 35.5. The summed E-state index contributed by atoms with van der Waals surface area (Å²) in [7, 11) is 0. The Morgan fingerprint density at radius 1 is 0.875 bits per heavy atom. The normalized spacial score (nSPS) is 16.5. The molecule has 0 aliphatic rings. The van der Waals surface area contributed by atoms with Crippen molar-refractivity contribution in [1.29, 1.82) is 0 Å². The molecule has 0 radical (unpaired) electrons. The second-order valence-corrected chi connectivity index (χ2v) is 7.25. The Balaban J connectivity index is 2.24. The zero-order valence-corrected chi connectivity index (χ0v) is 15.0. The highest BCUT2D eigenvalue weighted by Gasteiger charge is 2.28. The van der Waals surface area contributed by atoms with Crippen molar-refractivity contribution in [2.45, 2.75) is 30.8 Å². The smallest absolute Gasteiger partial charge is 0.258 e. The van der Waals surface area contributed by atoms with Crippen LogP contribution in [0.1, 0.15) is 30.5 Å². The zero-order chi connectivity index (χ0) is 18.0. The van der Waals surface area contributed by atoms with Crippen LogP contribution in [0.2, 0.25) is 0 Å². The average Bonchev–Trinajstić information content (AvgIpc) is 2.54. The number of benzene rings is 2. The van der Waals surface area contributed by atoms with Gasteiger partial charge in [0, 0.05) is 12.1 Å². The molecule has 0 saturated carbocycles. The molecule has 0 fully saturated rings. The zero-order valence-electron chi connectivity index (χ0n) is 13.5. The van der Waals surface area contributed by atoms with Crippen LogP contribution < -0.4 is 0 Å². The number of non-ortho nitro benzene ring substituents is 1. The third-order valence-corrected chi connectivity index (χ3v) is 4.20. The Morgan fingerprint density at radius 2 is 1.25 bits per heavy atom. The van der Waals surface area contributed by atoms with Crippen molar-refractivity contribution in [1.82, 2.24) is 0 Å². The first-order valence-corrected chi connectivity index (χ1v) is 8.01. The van der Waals surface area contributed by atoms with Gasteiger partial charge < -0.3 is 0 Å². The highest BCUT2D eigenvalue weighted by molar-refractivity contribution is 6.24. The summed E-state index contributed by atoms with van der Waals surface area (Å²) >= 11 is 12.9. The highest BCUT2D eigenvalue weighted by Crippen LogP contribution is 2.36. The number of aryl methyl sites for hydroxylation is 1. The van der Waals surface area contributed by atoms with Crippen molar-refractivity contribution in [3.8, 4) is 0 Å². The fraction of sp³-hybridized carbons (Fsp3) is 0.294. The molecule has 2 rings (SSSR count). The van der Waals surface area contributed by atoms with Crippen molar-refractivity contribution in [3.05, 3.63) is 75.3 Å². The second kappa shape index (κ2) is 6.87. The summed E-state index contributed by atoms with van der Waals surface area (Å²) in [6, 6.07) is 13.5. The molecule has 5 nitrogen and oxygen atoms in total. The standard InChI is InChI=1S/C17H17Cl2N3O2/c1-12-4-6-13(7-5-12)16(2,18)20-21-17(3,19)14-8-10-15(11-9-14)22(23)24/h4-11H,1-3H3/b21-20-. The molecule has 0 amide bonds. The maximum absolute atomic E-state index is 10.7. The predicted octanol–water partition coefficient (Wildman–Crippen LogP) is 5.88. The summed E-state index contributed by atoms with van der Waals surface area (Å²) < 4.78 is 0. The number of hydrogen-bond acceptors (Lipinski definition) is 4. The Morgan fingerprint density at radius 3 is 1.62 bits per heavy atom. The lowest BCUT2D eigenvalue weighted by Gasteiger charge is -2.21. The summed E-state index contributed by atoms with van der Waals surface area (Å²) in [5.74, 6) is 0. The molecule has 0 bridgehead atoms. The second-order valence-electron chi connectivity index (χ2n) is 5.78. The fourth-order valence-corrected chi connectivity index (χ4v) is 2.38. The lowest BCUT2D eigenvalue weighted by Crippen LogP contribution is -2.14. The molecule has 2 atom stereocenters. The lowest BCUT2D eigenvalue weighted by atomic mass is 10.1. The first-order chi connectivity index (χ1) is 11.1. The SMILES string of the molecule is Cc1ccc(C(C)(Cl)/N=N\C(C)(Cl)c2ccc([N+](=O)[O-])cc2)cc1. The number of nitro benzene ring substituents is 1. The van der Waals surface area contributed by atoms with E-state index in [9.17, 15) is 10.1 Å². The summed E-state index contributed by atoms with van der Waals surface area (Å²) in [6.45, 7) is 5.37. The quantitative estimate of drug-likeness (QED) is 0.218. The van der Waals surface area contributed by atoms with Crippen molar-refractivity contribution in [3.63, 3.8) is 0 Å². The van der Waals surface area contributed by atoms with Crippen LogP contribution in [0.25, 0.3) is 0 Å². The van der Waals surface area contributed by atoms with Gasteiger partial charge in [0.25, 0.3) is 5.69 Å². The predicted molar refractivity (Wildman–Crippen MR) is 95.5 cm³/mol. The topological polar surface area (TPSA) is 67.9 Å². The van der Waals surface area contributed by atoms with Gasteiger partial charge in [-0.15, -0.1) is 0 Å². The van der Waals surface area contributed by atoms with E-state index < -0.39 is 14.9 Å². The maximum Gasteiger partial charge on any atom is 0.269 e. The summed E-state index contributed by atoms with van der Waals surface area (Å²) in [5.41, 5.74) is 2.51. The Hall–Kier alpha value is -1.98. The monoisotopic (exact) mass is 365 g/mol. The number of alkyl halides is 2. The van der Waals surface area contributed by atoms with Gasteiger partial charge in [0.15, 0.2) is 10.00 Å². The molecule has 7 heteroatoms. The third-order valence-electron chi connectivity index (χ3n) is 3.61. The molecule has 0 aromatic heterocycles. The number of nitro groups is 1. The summed E-state index contributed by atoms with van der Waals surface area (Å²) in [6.07, 6.45) is 0. The van der Waals surface area contributed by atoms with Crippen LogP contribution in [0, 0.1) is 17.0 Å². The fourth-order valence-electron chi connectivity index (χ4n) is 2.05. The molecule has 2 aromatic rings. The average molecular weight is 366 g/mol. The summed E-state index contributed by atoms with van der Waals surface area (Å²) in [5, 5.41) is 19.1. The van der Waals surface area contributed by atoms with E-state index in [2.05, 4.69) is 10.2 Å². The molecule has 2 aromatic carbocycles. The van der Waals surface area contributed by atoms with Crippen LogP contribution in [0.3, 0.4) is 0 Å². The van der Waals surface area contributed by atoms with Crippen LogP contribution in [0.5, 0.6) is 0 Å². The van der Waals surface area contributed by atoms with E-state index in [1.165, 1.54) is 12.1 Å². The molecule has 126 valence electrons. The number of azo groups is 1. The minimum Gasteiger partial charge on any atom is -0.258 e. The van der Waals surface area contributed by atoms with Crippen molar-refractivity contribution in [2.75, 3.05) is 0 Å². The molecule has 0 saturated heterocycles. The van der Waals surface area contributed by atoms with Crippen LogP contribution in [-0.2, 0) is 10.00 Å². The minimum atomic E-state index is -1.17. The van der Waals surface area contributed by atoms with Gasteiger partial charge in [-0.1, -0.05) is 53.0 Å². The largest absolute Gasteiger partial charge is 0.269 e. The number of hydrogen-bond donors (Lipinski definition) is 0. The summed E-state index contributed by atoms with van der Waals surface area (Å²) in [4.78, 5) is 8.02. The van der Waals surface area contributed by atoms with Gasteiger partial charge in [-0.25, -0.2) is 0 Å². The van der Waals surface area contributed by atoms with Crippen LogP contribution in [0.4, 0.5) is 5.69 Å². The van der Waals surface area contributed by atoms with Gasteiger partial charge in [-0.05, 0) is 44.0 Å². The lowest BCUT2D eigenvalue weighted by molar-refractivity contribution is -0.384. The molecule has 2 unspecified atom stereocenters. The molecule has 0 heterocycles. The maximum atomic E-state index is 10.7. The van der Waals surface area contributed by atoms with Crippen LogP contribution >= 0.6 is 23.2 Å². The van der Waals surface area contributed by atoms with E-state index >= 15 is 0 Å². The molecule has 0 N–H and O–H groups in total. The van der Waals surface area contributed by atoms with E-state index in [1.807, 2.05) is 31.2 Å². The van der Waals surface area contributed by atoms with E-state index in [0.717, 1.165) is 11.1 Å². The Kier molecular flexibility index (Phi) is 5.26. The van der Waals surface area contributed by atoms with Crippen LogP contribution in [0.15, 0.2) is 58.8 Å². The molecule has 24 heavy (non-hydrogen) atoms. The van der Waals surface area contributed by atoms with Gasteiger partial charge in [0.2, 0.25) is 0 Å². The number of halogens is 2. The van der Waals surface area contributed by atoms with Gasteiger partial charge in [0.1, 0.15) is 0 Å².